The van der Waals surface area contributed by atoms with Crippen LogP contribution in [0.5, 0.6) is 5.75 Å². The molecule has 3 nitrogen and oxygen atoms in total. The number of nitrogens with zero attached hydrogens (tertiary/aromatic N) is 1. The number of carbonyl (C=O) groups excluding carboxylic acids is 1. The molecule has 0 aliphatic heterocycles. The molecule has 1 aromatic carbocycles. The third kappa shape index (κ3) is 3.57. The molecule has 0 aliphatic rings. The van der Waals surface area contributed by atoms with Crippen molar-refractivity contribution in [3.05, 3.63) is 29.8 Å². The first-order valence-electron chi connectivity index (χ1n) is 5.57. The van der Waals surface area contributed by atoms with E-state index >= 15 is 0 Å². The zero-order valence-electron chi connectivity index (χ0n) is 10.2. The van der Waals surface area contributed by atoms with Gasteiger partial charge in [-0.25, -0.2) is 0 Å². The number of para-hydroxylation sites is 1. The molecule has 0 heterocycles. The van der Waals surface area contributed by atoms with Crippen molar-refractivity contribution in [3.8, 4) is 5.75 Å². The maximum atomic E-state index is 11.3. The number of amides is 1. The lowest BCUT2D eigenvalue weighted by Gasteiger charge is -2.17. The van der Waals surface area contributed by atoms with Gasteiger partial charge in [0, 0.05) is 13.5 Å². The van der Waals surface area contributed by atoms with Gasteiger partial charge in [0.1, 0.15) is 12.4 Å². The largest absolute Gasteiger partial charge is 0.491 e. The summed E-state index contributed by atoms with van der Waals surface area (Å²) < 4.78 is 5.61. The molecule has 0 radical (unpaired) electrons. The van der Waals surface area contributed by atoms with Crippen LogP contribution in [0.2, 0.25) is 0 Å². The Bertz CT molecular complexity index is 350. The Morgan fingerprint density at radius 2 is 2.06 bits per heavy atom. The molecular weight excluding hydrogens is 202 g/mol. The number of benzene rings is 1. The number of aryl methyl sites for hydroxylation is 1. The van der Waals surface area contributed by atoms with Crippen molar-refractivity contribution in [2.75, 3.05) is 20.2 Å². The van der Waals surface area contributed by atoms with E-state index in [0.717, 1.165) is 11.3 Å². The first-order chi connectivity index (χ1) is 7.65. The normalized spacial score (nSPS) is 9.94. The molecule has 1 amide bonds. The zero-order valence-corrected chi connectivity index (χ0v) is 10.2. The van der Waals surface area contributed by atoms with Crippen LogP contribution in [0.4, 0.5) is 0 Å². The van der Waals surface area contributed by atoms with Crippen molar-refractivity contribution in [1.82, 2.24) is 4.90 Å². The molecule has 0 fully saturated rings. The molecule has 88 valence electrons. The molecule has 0 aromatic heterocycles. The van der Waals surface area contributed by atoms with Crippen LogP contribution in [-0.4, -0.2) is 31.0 Å². The van der Waals surface area contributed by atoms with E-state index in [1.165, 1.54) is 0 Å². The van der Waals surface area contributed by atoms with Crippen molar-refractivity contribution >= 4 is 5.91 Å². The average molecular weight is 221 g/mol. The Morgan fingerprint density at radius 1 is 1.38 bits per heavy atom. The summed E-state index contributed by atoms with van der Waals surface area (Å²) in [5.74, 6) is 1.04. The summed E-state index contributed by atoms with van der Waals surface area (Å²) >= 11 is 0. The summed E-state index contributed by atoms with van der Waals surface area (Å²) in [5.41, 5.74) is 1.12. The molecule has 0 atom stereocenters. The van der Waals surface area contributed by atoms with Crippen LogP contribution >= 0.6 is 0 Å². The second kappa shape index (κ2) is 6.16. The minimum Gasteiger partial charge on any atom is -0.491 e. The first kappa shape index (κ1) is 12.6. The average Bonchev–Trinajstić information content (AvgIpc) is 2.30. The molecular formula is C13H19NO2. The summed E-state index contributed by atoms with van der Waals surface area (Å²) in [7, 11) is 1.80. The van der Waals surface area contributed by atoms with Gasteiger partial charge in [0.05, 0.1) is 6.54 Å². The second-order valence-corrected chi connectivity index (χ2v) is 3.78. The summed E-state index contributed by atoms with van der Waals surface area (Å²) in [6.45, 7) is 5.03. The van der Waals surface area contributed by atoms with E-state index in [4.69, 9.17) is 4.74 Å². The molecule has 0 saturated heterocycles. The number of hydrogen-bond donors (Lipinski definition) is 0. The van der Waals surface area contributed by atoms with Gasteiger partial charge in [0.25, 0.3) is 0 Å². The molecule has 0 unspecified atom stereocenters. The monoisotopic (exact) mass is 221 g/mol. The smallest absolute Gasteiger partial charge is 0.222 e. The lowest BCUT2D eigenvalue weighted by molar-refractivity contribution is -0.129. The van der Waals surface area contributed by atoms with E-state index in [-0.39, 0.29) is 5.91 Å². The van der Waals surface area contributed by atoms with Crippen LogP contribution in [0.25, 0.3) is 0 Å². The van der Waals surface area contributed by atoms with Crippen molar-refractivity contribution in [3.63, 3.8) is 0 Å². The maximum Gasteiger partial charge on any atom is 0.222 e. The SMILES string of the molecule is CCC(=O)N(C)CCOc1ccccc1C. The van der Waals surface area contributed by atoms with E-state index in [2.05, 4.69) is 0 Å². The number of rotatable bonds is 5. The van der Waals surface area contributed by atoms with Crippen LogP contribution < -0.4 is 4.74 Å². The van der Waals surface area contributed by atoms with Gasteiger partial charge >= 0.3 is 0 Å². The van der Waals surface area contributed by atoms with E-state index in [9.17, 15) is 4.79 Å². The minimum absolute atomic E-state index is 0.147. The Kier molecular flexibility index (Phi) is 4.83. The number of likely N-dealkylation sites (N-methyl/N-ethyl adjacent to an activating group) is 1. The van der Waals surface area contributed by atoms with E-state index in [1.54, 1.807) is 11.9 Å². The van der Waals surface area contributed by atoms with Gasteiger partial charge in [-0.15, -0.1) is 0 Å². The van der Waals surface area contributed by atoms with Gasteiger partial charge < -0.3 is 9.64 Å². The van der Waals surface area contributed by atoms with Gasteiger partial charge in [-0.3, -0.25) is 4.79 Å². The number of carbonyl (C=O) groups is 1. The number of hydrogen-bond acceptors (Lipinski definition) is 2. The molecule has 0 aliphatic carbocycles. The molecule has 0 N–H and O–H groups in total. The molecule has 0 saturated carbocycles. The maximum absolute atomic E-state index is 11.3. The summed E-state index contributed by atoms with van der Waals surface area (Å²) in [6.07, 6.45) is 0.543. The highest BCUT2D eigenvalue weighted by Gasteiger charge is 2.05. The van der Waals surface area contributed by atoms with Gasteiger partial charge in [-0.05, 0) is 18.6 Å². The predicted octanol–water partition coefficient (Wildman–Crippen LogP) is 2.24. The van der Waals surface area contributed by atoms with Crippen LogP contribution in [0.1, 0.15) is 18.9 Å². The van der Waals surface area contributed by atoms with Crippen LogP contribution in [0.15, 0.2) is 24.3 Å². The summed E-state index contributed by atoms with van der Waals surface area (Å²) in [6, 6.07) is 7.88. The van der Waals surface area contributed by atoms with Crippen molar-refractivity contribution in [2.45, 2.75) is 20.3 Å². The Morgan fingerprint density at radius 3 is 2.69 bits per heavy atom. The molecule has 0 spiro atoms. The van der Waals surface area contributed by atoms with Gasteiger partial charge in [-0.2, -0.15) is 0 Å². The van der Waals surface area contributed by atoms with Crippen molar-refractivity contribution in [1.29, 1.82) is 0 Å². The van der Waals surface area contributed by atoms with Gasteiger partial charge in [-0.1, -0.05) is 25.1 Å². The fourth-order valence-electron chi connectivity index (χ4n) is 1.41. The Hall–Kier alpha value is -1.51. The highest BCUT2D eigenvalue weighted by atomic mass is 16.5. The molecule has 3 heteroatoms. The molecule has 1 aromatic rings. The third-order valence-electron chi connectivity index (χ3n) is 2.51. The predicted molar refractivity (Wildman–Crippen MR) is 64.6 cm³/mol. The van der Waals surface area contributed by atoms with E-state index in [0.29, 0.717) is 19.6 Å². The van der Waals surface area contributed by atoms with Crippen molar-refractivity contribution in [2.24, 2.45) is 0 Å². The zero-order chi connectivity index (χ0) is 12.0. The van der Waals surface area contributed by atoms with Gasteiger partial charge in [0.2, 0.25) is 5.91 Å². The highest BCUT2D eigenvalue weighted by molar-refractivity contribution is 5.75. The molecule has 1 rings (SSSR count). The molecule has 0 bridgehead atoms. The van der Waals surface area contributed by atoms with Crippen LogP contribution in [0.3, 0.4) is 0 Å². The van der Waals surface area contributed by atoms with Crippen LogP contribution in [0, 0.1) is 6.92 Å². The second-order valence-electron chi connectivity index (χ2n) is 3.78. The standard InChI is InChI=1S/C13H19NO2/c1-4-13(15)14(3)9-10-16-12-8-6-5-7-11(12)2/h5-8H,4,9-10H2,1-3H3. The Balaban J connectivity index is 2.36. The van der Waals surface area contributed by atoms with Crippen molar-refractivity contribution < 1.29 is 9.53 Å². The van der Waals surface area contributed by atoms with Crippen LogP contribution in [-0.2, 0) is 4.79 Å². The number of ether oxygens (including phenoxy) is 1. The van der Waals surface area contributed by atoms with E-state index in [1.807, 2.05) is 38.1 Å². The fraction of sp³-hybridized carbons (Fsp3) is 0.462. The lowest BCUT2D eigenvalue weighted by Crippen LogP contribution is -2.30. The highest BCUT2D eigenvalue weighted by Crippen LogP contribution is 2.15. The topological polar surface area (TPSA) is 29.5 Å². The quantitative estimate of drug-likeness (QED) is 0.763. The lowest BCUT2D eigenvalue weighted by atomic mass is 10.2. The Labute approximate surface area is 97.0 Å². The third-order valence-corrected chi connectivity index (χ3v) is 2.51. The summed E-state index contributed by atoms with van der Waals surface area (Å²) in [5, 5.41) is 0. The minimum atomic E-state index is 0.147. The molecule has 16 heavy (non-hydrogen) atoms. The first-order valence-corrected chi connectivity index (χ1v) is 5.57. The van der Waals surface area contributed by atoms with Gasteiger partial charge in [0.15, 0.2) is 0 Å². The summed E-state index contributed by atoms with van der Waals surface area (Å²) in [4.78, 5) is 13.0. The van der Waals surface area contributed by atoms with E-state index < -0.39 is 0 Å². The fourth-order valence-corrected chi connectivity index (χ4v) is 1.41.